The predicted molar refractivity (Wildman–Crippen MR) is 107 cm³/mol. The monoisotopic (exact) mass is 364 g/mol. The fourth-order valence-electron chi connectivity index (χ4n) is 2.72. The van der Waals surface area contributed by atoms with Gasteiger partial charge in [0, 0.05) is 32.0 Å². The number of aromatic nitrogens is 2. The Morgan fingerprint density at radius 2 is 1.70 bits per heavy atom. The predicted octanol–water partition coefficient (Wildman–Crippen LogP) is 3.19. The van der Waals surface area contributed by atoms with Gasteiger partial charge in [-0.3, -0.25) is 9.48 Å². The van der Waals surface area contributed by atoms with Crippen molar-refractivity contribution in [1.82, 2.24) is 9.78 Å². The van der Waals surface area contributed by atoms with Gasteiger partial charge < -0.3 is 15.0 Å². The van der Waals surface area contributed by atoms with E-state index in [1.165, 1.54) is 0 Å². The van der Waals surface area contributed by atoms with Crippen LogP contribution in [0.25, 0.3) is 0 Å². The number of anilines is 2. The average Bonchev–Trinajstić information content (AvgIpc) is 3.09. The number of carbonyl (C=O) groups excluding carboxylic acids is 1. The maximum atomic E-state index is 12.3. The zero-order valence-electron chi connectivity index (χ0n) is 15.8. The van der Waals surface area contributed by atoms with Gasteiger partial charge in [0.25, 0.3) is 0 Å². The number of nitrogens with zero attached hydrogens (tertiary/aromatic N) is 3. The molecule has 0 saturated heterocycles. The molecule has 1 amide bonds. The Morgan fingerprint density at radius 1 is 1.04 bits per heavy atom. The van der Waals surface area contributed by atoms with Crippen LogP contribution in [0, 0.1) is 0 Å². The summed E-state index contributed by atoms with van der Waals surface area (Å²) in [7, 11) is 5.63. The van der Waals surface area contributed by atoms with Crippen molar-refractivity contribution in [2.75, 3.05) is 31.4 Å². The van der Waals surface area contributed by atoms with Gasteiger partial charge in [-0.15, -0.1) is 0 Å². The van der Waals surface area contributed by atoms with Gasteiger partial charge >= 0.3 is 0 Å². The summed E-state index contributed by atoms with van der Waals surface area (Å²) in [6.07, 6.45) is 2.17. The lowest BCUT2D eigenvalue weighted by atomic mass is 10.1. The van der Waals surface area contributed by atoms with E-state index in [-0.39, 0.29) is 5.91 Å². The molecule has 0 radical (unpaired) electrons. The Kier molecular flexibility index (Phi) is 5.76. The van der Waals surface area contributed by atoms with Gasteiger partial charge in [0.05, 0.1) is 20.1 Å². The minimum atomic E-state index is -0.0812. The molecule has 0 bridgehead atoms. The van der Waals surface area contributed by atoms with Gasteiger partial charge in [-0.05, 0) is 35.4 Å². The van der Waals surface area contributed by atoms with Gasteiger partial charge in [-0.25, -0.2) is 0 Å². The van der Waals surface area contributed by atoms with E-state index in [1.807, 2.05) is 73.7 Å². The lowest BCUT2D eigenvalue weighted by molar-refractivity contribution is -0.115. The van der Waals surface area contributed by atoms with Crippen molar-refractivity contribution in [3.63, 3.8) is 0 Å². The number of hydrogen-bond acceptors (Lipinski definition) is 4. The van der Waals surface area contributed by atoms with Crippen LogP contribution in [0.1, 0.15) is 11.1 Å². The van der Waals surface area contributed by atoms with Crippen LogP contribution >= 0.6 is 0 Å². The van der Waals surface area contributed by atoms with Crippen LogP contribution in [0.5, 0.6) is 5.75 Å². The Hall–Kier alpha value is -3.28. The number of methoxy groups -OCH3 is 1. The van der Waals surface area contributed by atoms with E-state index < -0.39 is 0 Å². The molecule has 0 atom stereocenters. The van der Waals surface area contributed by atoms with Crippen LogP contribution in [-0.4, -0.2) is 36.9 Å². The summed E-state index contributed by atoms with van der Waals surface area (Å²) in [6, 6.07) is 17.6. The molecule has 6 nitrogen and oxygen atoms in total. The first-order valence-corrected chi connectivity index (χ1v) is 8.76. The fraction of sp³-hybridized carbons (Fsp3) is 0.238. The van der Waals surface area contributed by atoms with E-state index in [0.717, 1.165) is 22.6 Å². The molecule has 6 heteroatoms. The maximum absolute atomic E-state index is 12.3. The van der Waals surface area contributed by atoms with E-state index in [9.17, 15) is 4.79 Å². The quantitative estimate of drug-likeness (QED) is 0.699. The van der Waals surface area contributed by atoms with Gasteiger partial charge in [-0.2, -0.15) is 5.10 Å². The molecule has 1 N–H and O–H groups in total. The molecular weight excluding hydrogens is 340 g/mol. The highest BCUT2D eigenvalue weighted by Gasteiger charge is 2.07. The molecule has 0 fully saturated rings. The highest BCUT2D eigenvalue weighted by atomic mass is 16.5. The third-order valence-electron chi connectivity index (χ3n) is 4.23. The van der Waals surface area contributed by atoms with Crippen molar-refractivity contribution < 1.29 is 9.53 Å². The Labute approximate surface area is 159 Å². The zero-order chi connectivity index (χ0) is 19.2. The summed E-state index contributed by atoms with van der Waals surface area (Å²) in [5.74, 6) is 1.30. The fourth-order valence-corrected chi connectivity index (χ4v) is 2.72. The molecule has 3 aromatic rings. The molecule has 0 spiro atoms. The van der Waals surface area contributed by atoms with Crippen molar-refractivity contribution in [3.05, 3.63) is 71.9 Å². The van der Waals surface area contributed by atoms with Crippen molar-refractivity contribution in [1.29, 1.82) is 0 Å². The maximum Gasteiger partial charge on any atom is 0.229 e. The zero-order valence-corrected chi connectivity index (χ0v) is 15.8. The third-order valence-corrected chi connectivity index (χ3v) is 4.23. The standard InChI is InChI=1S/C21H24N4O2/c1-24(2)18-8-4-16(5-9-18)14-21(26)22-20-12-13-25(23-20)15-17-6-10-19(27-3)11-7-17/h4-13H,14-15H2,1-3H3,(H,22,23,26). The largest absolute Gasteiger partial charge is 0.497 e. The van der Waals surface area contributed by atoms with Crippen LogP contribution < -0.4 is 15.0 Å². The minimum absolute atomic E-state index is 0.0812. The van der Waals surface area contributed by atoms with Crippen LogP contribution in [0.3, 0.4) is 0 Å². The Morgan fingerprint density at radius 3 is 2.33 bits per heavy atom. The number of benzene rings is 2. The van der Waals surface area contributed by atoms with Gasteiger partial charge in [-0.1, -0.05) is 24.3 Å². The highest BCUT2D eigenvalue weighted by molar-refractivity contribution is 5.91. The highest BCUT2D eigenvalue weighted by Crippen LogP contribution is 2.14. The minimum Gasteiger partial charge on any atom is -0.497 e. The first kappa shape index (κ1) is 18.5. The van der Waals surface area contributed by atoms with Gasteiger partial charge in [0.1, 0.15) is 5.75 Å². The molecule has 0 aliphatic rings. The summed E-state index contributed by atoms with van der Waals surface area (Å²) < 4.78 is 6.96. The first-order chi connectivity index (χ1) is 13.0. The summed E-state index contributed by atoms with van der Waals surface area (Å²) in [6.45, 7) is 0.631. The second-order valence-corrected chi connectivity index (χ2v) is 6.53. The summed E-state index contributed by atoms with van der Waals surface area (Å²) >= 11 is 0. The summed E-state index contributed by atoms with van der Waals surface area (Å²) in [5.41, 5.74) is 3.19. The molecule has 1 heterocycles. The van der Waals surface area contributed by atoms with Crippen molar-refractivity contribution in [2.45, 2.75) is 13.0 Å². The Bertz CT molecular complexity index is 883. The van der Waals surface area contributed by atoms with E-state index in [1.54, 1.807) is 17.9 Å². The summed E-state index contributed by atoms with van der Waals surface area (Å²) in [4.78, 5) is 14.3. The number of ether oxygens (including phenoxy) is 1. The number of rotatable bonds is 7. The van der Waals surface area contributed by atoms with Crippen LogP contribution in [-0.2, 0) is 17.8 Å². The molecule has 0 unspecified atom stereocenters. The molecule has 3 rings (SSSR count). The van der Waals surface area contributed by atoms with Crippen molar-refractivity contribution in [2.24, 2.45) is 0 Å². The molecule has 0 aliphatic carbocycles. The van der Waals surface area contributed by atoms with E-state index >= 15 is 0 Å². The second-order valence-electron chi connectivity index (χ2n) is 6.53. The lowest BCUT2D eigenvalue weighted by Gasteiger charge is -2.12. The molecule has 0 aliphatic heterocycles. The number of nitrogens with one attached hydrogen (secondary N) is 1. The number of amides is 1. The van der Waals surface area contributed by atoms with Gasteiger partial charge in [0.2, 0.25) is 5.91 Å². The number of carbonyl (C=O) groups is 1. The molecule has 27 heavy (non-hydrogen) atoms. The Balaban J connectivity index is 1.55. The topological polar surface area (TPSA) is 59.4 Å². The van der Waals surface area contributed by atoms with Crippen molar-refractivity contribution in [3.8, 4) is 5.75 Å². The van der Waals surface area contributed by atoms with E-state index in [2.05, 4.69) is 10.4 Å². The average molecular weight is 364 g/mol. The van der Waals surface area contributed by atoms with Crippen LogP contribution in [0.2, 0.25) is 0 Å². The second kappa shape index (κ2) is 8.40. The lowest BCUT2D eigenvalue weighted by Crippen LogP contribution is -2.15. The molecule has 2 aromatic carbocycles. The number of hydrogen-bond donors (Lipinski definition) is 1. The molecular formula is C21H24N4O2. The smallest absolute Gasteiger partial charge is 0.229 e. The summed E-state index contributed by atoms with van der Waals surface area (Å²) in [5, 5.41) is 7.26. The molecule has 140 valence electrons. The van der Waals surface area contributed by atoms with E-state index in [4.69, 9.17) is 4.74 Å². The van der Waals surface area contributed by atoms with Gasteiger partial charge in [0.15, 0.2) is 5.82 Å². The molecule has 1 aromatic heterocycles. The molecule has 0 saturated carbocycles. The first-order valence-electron chi connectivity index (χ1n) is 8.76. The van der Waals surface area contributed by atoms with Crippen molar-refractivity contribution >= 4 is 17.4 Å². The van der Waals surface area contributed by atoms with E-state index in [0.29, 0.717) is 18.8 Å². The SMILES string of the molecule is COc1ccc(Cn2ccc(NC(=O)Cc3ccc(N(C)C)cc3)n2)cc1. The third kappa shape index (κ3) is 5.10. The van der Waals surface area contributed by atoms with Crippen LogP contribution in [0.4, 0.5) is 11.5 Å². The van der Waals surface area contributed by atoms with Crippen LogP contribution in [0.15, 0.2) is 60.8 Å². The normalized spacial score (nSPS) is 10.5.